The maximum absolute atomic E-state index is 11.0. The van der Waals surface area contributed by atoms with Gasteiger partial charge in [0.05, 0.1) is 18.6 Å². The Hall–Kier alpha value is -2.44. The first-order valence-electron chi connectivity index (χ1n) is 5.35. The second kappa shape index (κ2) is 4.82. The van der Waals surface area contributed by atoms with Gasteiger partial charge < -0.3 is 9.84 Å². The van der Waals surface area contributed by atoms with Crippen LogP contribution in [0.1, 0.15) is 30.2 Å². The van der Waals surface area contributed by atoms with Gasteiger partial charge in [-0.1, -0.05) is 0 Å². The van der Waals surface area contributed by atoms with Crippen molar-refractivity contribution in [2.24, 2.45) is 0 Å². The molecular formula is C11H12N4O3. The molecule has 0 saturated carbocycles. The topological polar surface area (TPSA) is 90.1 Å². The minimum Gasteiger partial charge on any atom is -0.477 e. The number of ether oxygens (including phenoxy) is 1. The number of aromatic carboxylic acids is 1. The molecule has 2 heterocycles. The summed E-state index contributed by atoms with van der Waals surface area (Å²) in [5.41, 5.74) is -0.0395. The summed E-state index contributed by atoms with van der Waals surface area (Å²) in [5, 5.41) is 20.3. The lowest BCUT2D eigenvalue weighted by molar-refractivity contribution is 0.0693. The van der Waals surface area contributed by atoms with E-state index in [1.54, 1.807) is 10.9 Å². The molecule has 0 bridgehead atoms. The Morgan fingerprint density at radius 2 is 2.28 bits per heavy atom. The summed E-state index contributed by atoms with van der Waals surface area (Å²) >= 11 is 0. The van der Waals surface area contributed by atoms with E-state index < -0.39 is 5.97 Å². The van der Waals surface area contributed by atoms with Crippen LogP contribution in [-0.2, 0) is 0 Å². The largest absolute Gasteiger partial charge is 0.477 e. The maximum atomic E-state index is 11.0. The first kappa shape index (κ1) is 12.0. The number of carboxylic acid groups (broad SMARTS) is 1. The Morgan fingerprint density at radius 3 is 2.89 bits per heavy atom. The van der Waals surface area contributed by atoms with E-state index >= 15 is 0 Å². The van der Waals surface area contributed by atoms with Crippen molar-refractivity contribution in [3.8, 4) is 11.6 Å². The Labute approximate surface area is 103 Å². The van der Waals surface area contributed by atoms with E-state index in [1.165, 1.54) is 18.5 Å². The highest BCUT2D eigenvalue weighted by Crippen LogP contribution is 2.22. The van der Waals surface area contributed by atoms with E-state index in [1.807, 2.05) is 13.8 Å². The van der Waals surface area contributed by atoms with Crippen molar-refractivity contribution in [2.45, 2.75) is 19.9 Å². The molecule has 0 aliphatic heterocycles. The van der Waals surface area contributed by atoms with Crippen LogP contribution < -0.4 is 4.74 Å². The van der Waals surface area contributed by atoms with Crippen LogP contribution in [0.3, 0.4) is 0 Å². The van der Waals surface area contributed by atoms with E-state index in [0.717, 1.165) is 0 Å². The van der Waals surface area contributed by atoms with Gasteiger partial charge >= 0.3 is 5.97 Å². The summed E-state index contributed by atoms with van der Waals surface area (Å²) < 4.78 is 7.06. The zero-order valence-electron chi connectivity index (χ0n) is 9.94. The van der Waals surface area contributed by atoms with Crippen molar-refractivity contribution in [2.75, 3.05) is 0 Å². The number of hydrogen-bond acceptors (Lipinski definition) is 5. The first-order chi connectivity index (χ1) is 8.58. The Kier molecular flexibility index (Phi) is 3.22. The number of rotatable bonds is 4. The van der Waals surface area contributed by atoms with Gasteiger partial charge in [0.15, 0.2) is 5.75 Å². The van der Waals surface area contributed by atoms with Crippen LogP contribution in [0, 0.1) is 0 Å². The van der Waals surface area contributed by atoms with Gasteiger partial charge in [-0.25, -0.2) is 4.79 Å². The molecule has 94 valence electrons. The second-order valence-corrected chi connectivity index (χ2v) is 3.91. The smallest absolute Gasteiger partial charge is 0.341 e. The third-order valence-corrected chi connectivity index (χ3v) is 2.24. The van der Waals surface area contributed by atoms with Crippen LogP contribution in [0.4, 0.5) is 0 Å². The van der Waals surface area contributed by atoms with Crippen LogP contribution in [0.2, 0.25) is 0 Å². The zero-order chi connectivity index (χ0) is 13.1. The predicted molar refractivity (Wildman–Crippen MR) is 61.7 cm³/mol. The molecule has 2 rings (SSSR count). The van der Waals surface area contributed by atoms with E-state index in [9.17, 15) is 4.79 Å². The van der Waals surface area contributed by atoms with Crippen LogP contribution in [0.5, 0.6) is 11.6 Å². The van der Waals surface area contributed by atoms with Gasteiger partial charge in [0, 0.05) is 6.04 Å². The fourth-order valence-corrected chi connectivity index (χ4v) is 1.32. The first-order valence-corrected chi connectivity index (χ1v) is 5.35. The van der Waals surface area contributed by atoms with Crippen LogP contribution in [0.15, 0.2) is 24.7 Å². The molecule has 2 aromatic heterocycles. The Morgan fingerprint density at radius 1 is 1.50 bits per heavy atom. The van der Waals surface area contributed by atoms with Crippen LogP contribution in [0.25, 0.3) is 0 Å². The monoisotopic (exact) mass is 248 g/mol. The van der Waals surface area contributed by atoms with Crippen molar-refractivity contribution >= 4 is 5.97 Å². The summed E-state index contributed by atoms with van der Waals surface area (Å²) in [6.45, 7) is 3.95. The summed E-state index contributed by atoms with van der Waals surface area (Å²) in [6.07, 6.45) is 4.47. The van der Waals surface area contributed by atoms with Crippen LogP contribution >= 0.6 is 0 Å². The molecule has 0 aliphatic rings. The lowest BCUT2D eigenvalue weighted by Gasteiger charge is -2.04. The highest BCUT2D eigenvalue weighted by Gasteiger charge is 2.14. The average Bonchev–Trinajstić information content (AvgIpc) is 2.78. The molecule has 7 heteroatoms. The molecule has 0 spiro atoms. The van der Waals surface area contributed by atoms with Gasteiger partial charge in [0.2, 0.25) is 0 Å². The molecule has 0 saturated heterocycles. The van der Waals surface area contributed by atoms with Crippen LogP contribution in [-0.4, -0.2) is 31.1 Å². The molecule has 0 aliphatic carbocycles. The van der Waals surface area contributed by atoms with E-state index in [4.69, 9.17) is 9.84 Å². The summed E-state index contributed by atoms with van der Waals surface area (Å²) in [7, 11) is 0. The highest BCUT2D eigenvalue weighted by molar-refractivity contribution is 5.89. The van der Waals surface area contributed by atoms with Crippen molar-refractivity contribution in [1.82, 2.24) is 20.0 Å². The van der Waals surface area contributed by atoms with Gasteiger partial charge in [-0.15, -0.1) is 5.10 Å². The molecule has 7 nitrogen and oxygen atoms in total. The number of aromatic nitrogens is 4. The molecular weight excluding hydrogens is 236 g/mol. The van der Waals surface area contributed by atoms with Crippen molar-refractivity contribution in [3.63, 3.8) is 0 Å². The number of carboxylic acids is 1. The lowest BCUT2D eigenvalue weighted by atomic mass is 10.3. The number of hydrogen-bond donors (Lipinski definition) is 1. The SMILES string of the molecule is CC(C)n1cc(Oc2nnccc2C(=O)O)cn1. The molecule has 2 aromatic rings. The average molecular weight is 248 g/mol. The lowest BCUT2D eigenvalue weighted by Crippen LogP contribution is -2.03. The summed E-state index contributed by atoms with van der Waals surface area (Å²) in [6, 6.07) is 1.53. The molecule has 0 unspecified atom stereocenters. The minimum absolute atomic E-state index is 0.0395. The Balaban J connectivity index is 2.25. The van der Waals surface area contributed by atoms with Gasteiger partial charge in [0.1, 0.15) is 5.56 Å². The Bertz CT molecular complexity index is 565. The van der Waals surface area contributed by atoms with Gasteiger partial charge in [0.25, 0.3) is 5.88 Å². The van der Waals surface area contributed by atoms with E-state index in [0.29, 0.717) is 5.75 Å². The number of nitrogens with zero attached hydrogens (tertiary/aromatic N) is 4. The van der Waals surface area contributed by atoms with Gasteiger partial charge in [-0.2, -0.15) is 10.2 Å². The van der Waals surface area contributed by atoms with Crippen molar-refractivity contribution < 1.29 is 14.6 Å². The summed E-state index contributed by atoms with van der Waals surface area (Å²) in [4.78, 5) is 11.0. The molecule has 18 heavy (non-hydrogen) atoms. The molecule has 0 atom stereocenters. The zero-order valence-corrected chi connectivity index (χ0v) is 9.94. The fraction of sp³-hybridized carbons (Fsp3) is 0.273. The molecule has 0 amide bonds. The third kappa shape index (κ3) is 2.45. The van der Waals surface area contributed by atoms with E-state index in [-0.39, 0.29) is 17.5 Å². The normalized spacial score (nSPS) is 10.6. The molecule has 0 fully saturated rings. The standard InChI is InChI=1S/C11H12N4O3/c1-7(2)15-6-8(5-13-15)18-10-9(11(16)17)3-4-12-14-10/h3-7H,1-2H3,(H,16,17). The second-order valence-electron chi connectivity index (χ2n) is 3.91. The summed E-state index contributed by atoms with van der Waals surface area (Å²) in [5.74, 6) is -0.740. The maximum Gasteiger partial charge on any atom is 0.341 e. The number of carbonyl (C=O) groups is 1. The third-order valence-electron chi connectivity index (χ3n) is 2.24. The van der Waals surface area contributed by atoms with Crippen molar-refractivity contribution in [3.05, 3.63) is 30.2 Å². The van der Waals surface area contributed by atoms with Gasteiger partial charge in [-0.05, 0) is 19.9 Å². The molecule has 0 aromatic carbocycles. The van der Waals surface area contributed by atoms with Gasteiger partial charge in [-0.3, -0.25) is 4.68 Å². The quantitative estimate of drug-likeness (QED) is 0.886. The minimum atomic E-state index is -1.11. The fourth-order valence-electron chi connectivity index (χ4n) is 1.32. The molecule has 1 N–H and O–H groups in total. The highest BCUT2D eigenvalue weighted by atomic mass is 16.5. The molecule has 0 radical (unpaired) electrons. The predicted octanol–water partition coefficient (Wildman–Crippen LogP) is 1.74. The van der Waals surface area contributed by atoms with E-state index in [2.05, 4.69) is 15.3 Å². The van der Waals surface area contributed by atoms with Crippen molar-refractivity contribution in [1.29, 1.82) is 0 Å².